The van der Waals surface area contributed by atoms with Gasteiger partial charge in [-0.25, -0.2) is 18.0 Å². The average molecular weight is 474 g/mol. The van der Waals surface area contributed by atoms with Gasteiger partial charge in [0.15, 0.2) is 6.10 Å². The Balaban J connectivity index is 1.63. The lowest BCUT2D eigenvalue weighted by Crippen LogP contribution is -2.46. The summed E-state index contributed by atoms with van der Waals surface area (Å²) in [6, 6.07) is 12.2. The first kappa shape index (κ1) is 24.4. The number of fused-ring (bicyclic) bond motifs is 1. The lowest BCUT2D eigenvalue weighted by molar-refractivity contribution is -0.127. The molecule has 1 unspecified atom stereocenters. The topological polar surface area (TPSA) is 122 Å². The van der Waals surface area contributed by atoms with E-state index in [0.717, 1.165) is 11.1 Å². The van der Waals surface area contributed by atoms with Crippen molar-refractivity contribution in [3.05, 3.63) is 65.2 Å². The van der Waals surface area contributed by atoms with Crippen LogP contribution in [0.25, 0.3) is 0 Å². The number of ether oxygens (including phenoxy) is 1. The van der Waals surface area contributed by atoms with Crippen molar-refractivity contribution >= 4 is 27.9 Å². The minimum atomic E-state index is -3.73. The van der Waals surface area contributed by atoms with Crippen molar-refractivity contribution in [3.63, 3.8) is 0 Å². The number of hydrogen-bond donors (Lipinski definition) is 2. The van der Waals surface area contributed by atoms with E-state index in [4.69, 9.17) is 4.74 Å². The largest absolute Gasteiger partial charge is 0.449 e. The average Bonchev–Trinajstić information content (AvgIpc) is 2.78. The van der Waals surface area contributed by atoms with Gasteiger partial charge in [-0.3, -0.25) is 10.1 Å². The highest BCUT2D eigenvalue weighted by Crippen LogP contribution is 2.25. The molecule has 1 atom stereocenters. The Kier molecular flexibility index (Phi) is 7.50. The third-order valence-corrected chi connectivity index (χ3v) is 6.99. The van der Waals surface area contributed by atoms with Crippen LogP contribution in [-0.4, -0.2) is 49.3 Å². The standard InChI is InChI=1S/C23H27N3O6S/c1-15(2)24-23(29)25-21(27)16(3)32-22(28)18-8-10-20(11-9-18)33(30,31)26-13-12-17-6-4-5-7-19(17)14-26/h4-11,15-16H,12-14H2,1-3H3,(H2,24,25,27,29). The van der Waals surface area contributed by atoms with Gasteiger partial charge in [0.25, 0.3) is 5.91 Å². The van der Waals surface area contributed by atoms with Gasteiger partial charge in [-0.05, 0) is 62.6 Å². The predicted octanol–water partition coefficient (Wildman–Crippen LogP) is 2.21. The number of carbonyl (C=O) groups is 3. The second kappa shape index (κ2) is 10.1. The maximum absolute atomic E-state index is 13.0. The third kappa shape index (κ3) is 5.96. The Hall–Kier alpha value is -3.24. The molecule has 0 saturated carbocycles. The number of hydrogen-bond acceptors (Lipinski definition) is 6. The Morgan fingerprint density at radius 1 is 0.970 bits per heavy atom. The Labute approximate surface area is 193 Å². The van der Waals surface area contributed by atoms with Gasteiger partial charge in [0.2, 0.25) is 10.0 Å². The molecular weight excluding hydrogens is 446 g/mol. The fourth-order valence-electron chi connectivity index (χ4n) is 3.38. The van der Waals surface area contributed by atoms with Crippen LogP contribution >= 0.6 is 0 Å². The zero-order chi connectivity index (χ0) is 24.2. The molecule has 1 aliphatic heterocycles. The summed E-state index contributed by atoms with van der Waals surface area (Å²) in [6.45, 7) is 5.48. The lowest BCUT2D eigenvalue weighted by atomic mass is 10.0. The van der Waals surface area contributed by atoms with Crippen molar-refractivity contribution in [2.45, 2.75) is 50.8 Å². The van der Waals surface area contributed by atoms with Gasteiger partial charge in [-0.15, -0.1) is 0 Å². The SMILES string of the molecule is CC(C)NC(=O)NC(=O)C(C)OC(=O)c1ccc(S(=O)(=O)N2CCc3ccccc3C2)cc1. The molecule has 2 aromatic rings. The van der Waals surface area contributed by atoms with Crippen LogP contribution in [0, 0.1) is 0 Å². The van der Waals surface area contributed by atoms with Crippen LogP contribution in [0.5, 0.6) is 0 Å². The monoisotopic (exact) mass is 473 g/mol. The highest BCUT2D eigenvalue weighted by atomic mass is 32.2. The summed E-state index contributed by atoms with van der Waals surface area (Å²) in [7, 11) is -3.73. The minimum Gasteiger partial charge on any atom is -0.449 e. The number of benzene rings is 2. The molecule has 1 heterocycles. The molecule has 0 saturated heterocycles. The van der Waals surface area contributed by atoms with Gasteiger partial charge in [0.05, 0.1) is 10.5 Å². The number of rotatable bonds is 6. The Bertz CT molecular complexity index is 1150. The molecule has 2 N–H and O–H groups in total. The smallest absolute Gasteiger partial charge is 0.338 e. The summed E-state index contributed by atoms with van der Waals surface area (Å²) in [5.41, 5.74) is 2.20. The third-order valence-electron chi connectivity index (χ3n) is 5.13. The molecule has 0 radical (unpaired) electrons. The predicted molar refractivity (Wildman–Crippen MR) is 121 cm³/mol. The summed E-state index contributed by atoms with van der Waals surface area (Å²) in [5.74, 6) is -1.58. The molecule has 10 heteroatoms. The summed E-state index contributed by atoms with van der Waals surface area (Å²) < 4.78 is 32.6. The molecule has 2 aromatic carbocycles. The van der Waals surface area contributed by atoms with Crippen LogP contribution in [0.4, 0.5) is 4.79 Å². The second-order valence-corrected chi connectivity index (χ2v) is 9.98. The number of nitrogens with one attached hydrogen (secondary N) is 2. The molecule has 176 valence electrons. The fraction of sp³-hybridized carbons (Fsp3) is 0.348. The van der Waals surface area contributed by atoms with Crippen LogP contribution in [0.3, 0.4) is 0 Å². The Morgan fingerprint density at radius 2 is 1.61 bits per heavy atom. The molecule has 1 aliphatic rings. The zero-order valence-corrected chi connectivity index (χ0v) is 19.5. The minimum absolute atomic E-state index is 0.0644. The van der Waals surface area contributed by atoms with Gasteiger partial charge in [-0.2, -0.15) is 4.31 Å². The highest BCUT2D eigenvalue weighted by molar-refractivity contribution is 7.89. The van der Waals surface area contributed by atoms with E-state index < -0.39 is 34.0 Å². The van der Waals surface area contributed by atoms with Crippen molar-refractivity contribution in [2.24, 2.45) is 0 Å². The van der Waals surface area contributed by atoms with Crippen molar-refractivity contribution in [2.75, 3.05) is 6.54 Å². The number of urea groups is 1. The molecule has 3 rings (SSSR count). The molecule has 9 nitrogen and oxygen atoms in total. The number of amides is 3. The molecular formula is C23H27N3O6S. The van der Waals surface area contributed by atoms with E-state index in [1.165, 1.54) is 35.5 Å². The van der Waals surface area contributed by atoms with E-state index >= 15 is 0 Å². The van der Waals surface area contributed by atoms with Gasteiger partial charge in [0.1, 0.15) is 0 Å². The van der Waals surface area contributed by atoms with Crippen molar-refractivity contribution in [1.29, 1.82) is 0 Å². The van der Waals surface area contributed by atoms with E-state index in [0.29, 0.717) is 19.5 Å². The highest BCUT2D eigenvalue weighted by Gasteiger charge is 2.28. The molecule has 0 aromatic heterocycles. The van der Waals surface area contributed by atoms with Crippen LogP contribution in [-0.2, 0) is 32.5 Å². The number of esters is 1. The molecule has 3 amide bonds. The van der Waals surface area contributed by atoms with Gasteiger partial charge in [-0.1, -0.05) is 24.3 Å². The van der Waals surface area contributed by atoms with Gasteiger partial charge in [0, 0.05) is 19.1 Å². The molecule has 0 bridgehead atoms. The number of nitrogens with zero attached hydrogens (tertiary/aromatic N) is 1. The van der Waals surface area contributed by atoms with Gasteiger partial charge < -0.3 is 10.1 Å². The zero-order valence-electron chi connectivity index (χ0n) is 18.7. The maximum atomic E-state index is 13.0. The molecule has 0 fully saturated rings. The molecule has 0 aliphatic carbocycles. The molecule has 33 heavy (non-hydrogen) atoms. The van der Waals surface area contributed by atoms with E-state index in [9.17, 15) is 22.8 Å². The van der Waals surface area contributed by atoms with Crippen molar-refractivity contribution < 1.29 is 27.5 Å². The van der Waals surface area contributed by atoms with Crippen LogP contribution in [0.2, 0.25) is 0 Å². The maximum Gasteiger partial charge on any atom is 0.338 e. The number of carbonyl (C=O) groups excluding carboxylic acids is 3. The normalized spacial score (nSPS) is 14.8. The van der Waals surface area contributed by atoms with Crippen LogP contribution in [0.1, 0.15) is 42.3 Å². The quantitative estimate of drug-likeness (QED) is 0.621. The first-order chi connectivity index (χ1) is 15.6. The Morgan fingerprint density at radius 3 is 2.24 bits per heavy atom. The van der Waals surface area contributed by atoms with Crippen molar-refractivity contribution in [3.8, 4) is 0 Å². The number of sulfonamides is 1. The van der Waals surface area contributed by atoms with Gasteiger partial charge >= 0.3 is 12.0 Å². The van der Waals surface area contributed by atoms with E-state index in [1.807, 2.05) is 24.3 Å². The first-order valence-electron chi connectivity index (χ1n) is 10.6. The van der Waals surface area contributed by atoms with Crippen LogP contribution < -0.4 is 10.6 Å². The van der Waals surface area contributed by atoms with E-state index in [-0.39, 0.29) is 16.5 Å². The fourth-order valence-corrected chi connectivity index (χ4v) is 4.80. The summed E-state index contributed by atoms with van der Waals surface area (Å²) in [6.07, 6.45) is -0.582. The lowest BCUT2D eigenvalue weighted by Gasteiger charge is -2.28. The molecule has 0 spiro atoms. The second-order valence-electron chi connectivity index (χ2n) is 8.05. The van der Waals surface area contributed by atoms with E-state index in [1.54, 1.807) is 13.8 Å². The summed E-state index contributed by atoms with van der Waals surface area (Å²) in [5, 5.41) is 4.58. The van der Waals surface area contributed by atoms with E-state index in [2.05, 4.69) is 10.6 Å². The first-order valence-corrected chi connectivity index (χ1v) is 12.0. The summed E-state index contributed by atoms with van der Waals surface area (Å²) in [4.78, 5) is 36.1. The summed E-state index contributed by atoms with van der Waals surface area (Å²) >= 11 is 0. The van der Waals surface area contributed by atoms with Crippen LogP contribution in [0.15, 0.2) is 53.4 Å². The number of imide groups is 1. The van der Waals surface area contributed by atoms with Crippen molar-refractivity contribution in [1.82, 2.24) is 14.9 Å².